The lowest BCUT2D eigenvalue weighted by Crippen LogP contribution is -2.27. The minimum absolute atomic E-state index is 0.0937. The van der Waals surface area contributed by atoms with E-state index < -0.39 is 15.9 Å². The van der Waals surface area contributed by atoms with Crippen molar-refractivity contribution in [3.8, 4) is 0 Å². The van der Waals surface area contributed by atoms with Crippen LogP contribution in [-0.4, -0.2) is 20.9 Å². The van der Waals surface area contributed by atoms with Crippen LogP contribution in [0.3, 0.4) is 0 Å². The topological polar surface area (TPSA) is 89.3 Å². The molecule has 0 aliphatic heterocycles. The second-order valence-corrected chi connectivity index (χ2v) is 8.61. The smallest absolute Gasteiger partial charge is 0.251 e. The first kappa shape index (κ1) is 18.4. The summed E-state index contributed by atoms with van der Waals surface area (Å²) in [5.41, 5.74) is 0.247. The Morgan fingerprint density at radius 2 is 1.95 bits per heavy atom. The molecular weight excluding hydrogens is 380 g/mol. The number of rotatable bonds is 4. The van der Waals surface area contributed by atoms with Crippen LogP contribution in [0.1, 0.15) is 37.6 Å². The van der Waals surface area contributed by atoms with Crippen LogP contribution < -0.4 is 10.5 Å². The molecule has 0 fully saturated rings. The Morgan fingerprint density at radius 3 is 2.43 bits per heavy atom. The lowest BCUT2D eigenvalue weighted by atomic mass is 9.92. The van der Waals surface area contributed by atoms with Crippen molar-refractivity contribution in [1.29, 1.82) is 0 Å². The second-order valence-electron chi connectivity index (χ2n) is 5.88. The Balaban J connectivity index is 2.99. The number of halogens is 2. The first-order valence-electron chi connectivity index (χ1n) is 6.22. The minimum Gasteiger partial charge on any atom is -0.352 e. The number of nitrogens with two attached hydrogens (primary N) is 1. The molecule has 0 radical (unpaired) electrons. The number of benzene rings is 1. The van der Waals surface area contributed by atoms with Crippen molar-refractivity contribution in [3.05, 3.63) is 27.2 Å². The zero-order chi connectivity index (χ0) is 16.4. The number of carbonyl (C=O) groups excluding carboxylic acids is 1. The molecule has 0 spiro atoms. The van der Waals surface area contributed by atoms with Gasteiger partial charge in [0.25, 0.3) is 5.91 Å². The molecule has 0 aliphatic rings. The van der Waals surface area contributed by atoms with Crippen molar-refractivity contribution in [2.75, 3.05) is 6.54 Å². The van der Waals surface area contributed by atoms with Gasteiger partial charge in [-0.15, -0.1) is 0 Å². The van der Waals surface area contributed by atoms with E-state index in [2.05, 4.69) is 42.0 Å². The monoisotopic (exact) mass is 396 g/mol. The molecule has 1 aromatic carbocycles. The van der Waals surface area contributed by atoms with Gasteiger partial charge in [0.1, 0.15) is 0 Å². The Labute approximate surface area is 138 Å². The summed E-state index contributed by atoms with van der Waals surface area (Å²) in [7, 11) is -3.97. The van der Waals surface area contributed by atoms with Crippen molar-refractivity contribution in [2.24, 2.45) is 10.6 Å². The predicted octanol–water partition coefficient (Wildman–Crippen LogP) is 2.92. The van der Waals surface area contributed by atoms with E-state index in [1.165, 1.54) is 12.1 Å². The van der Waals surface area contributed by atoms with Gasteiger partial charge in [-0.2, -0.15) is 0 Å². The van der Waals surface area contributed by atoms with E-state index in [0.717, 1.165) is 6.42 Å². The highest BCUT2D eigenvalue weighted by atomic mass is 79.9. The average Bonchev–Trinajstić information content (AvgIpc) is 2.29. The molecule has 0 bridgehead atoms. The molecule has 1 amide bonds. The fourth-order valence-corrected chi connectivity index (χ4v) is 3.39. The normalized spacial score (nSPS) is 12.3. The zero-order valence-corrected chi connectivity index (χ0v) is 15.2. The molecule has 0 heterocycles. The number of nitrogens with one attached hydrogen (secondary N) is 1. The van der Waals surface area contributed by atoms with Gasteiger partial charge in [-0.25, -0.2) is 13.6 Å². The molecule has 0 saturated carbocycles. The molecule has 1 rings (SSSR count). The van der Waals surface area contributed by atoms with Gasteiger partial charge in [0.2, 0.25) is 10.0 Å². The van der Waals surface area contributed by atoms with Gasteiger partial charge in [0, 0.05) is 12.1 Å². The molecule has 0 unspecified atom stereocenters. The van der Waals surface area contributed by atoms with Gasteiger partial charge in [0.05, 0.1) is 14.4 Å². The lowest BCUT2D eigenvalue weighted by molar-refractivity contribution is 0.0949. The average molecular weight is 398 g/mol. The van der Waals surface area contributed by atoms with Crippen LogP contribution >= 0.6 is 27.5 Å². The molecule has 0 aliphatic carbocycles. The number of hydrogen-bond acceptors (Lipinski definition) is 3. The van der Waals surface area contributed by atoms with Crippen molar-refractivity contribution in [2.45, 2.75) is 32.1 Å². The second kappa shape index (κ2) is 6.64. The minimum atomic E-state index is -3.97. The van der Waals surface area contributed by atoms with E-state index >= 15 is 0 Å². The predicted molar refractivity (Wildman–Crippen MR) is 86.9 cm³/mol. The third-order valence-electron chi connectivity index (χ3n) is 2.72. The third-order valence-corrected chi connectivity index (χ3v) is 5.30. The molecule has 0 saturated heterocycles. The Bertz CT molecular complexity index is 654. The molecule has 5 nitrogen and oxygen atoms in total. The van der Waals surface area contributed by atoms with Gasteiger partial charge in [-0.05, 0) is 39.9 Å². The summed E-state index contributed by atoms with van der Waals surface area (Å²) in [5, 5.41) is 7.95. The molecule has 0 atom stereocenters. The summed E-state index contributed by atoms with van der Waals surface area (Å²) in [5.74, 6) is -0.390. The van der Waals surface area contributed by atoms with Crippen molar-refractivity contribution >= 4 is 43.5 Å². The Hall–Kier alpha value is -0.630. The molecular formula is C13H18BrClN2O3S. The van der Waals surface area contributed by atoms with Crippen molar-refractivity contribution < 1.29 is 13.2 Å². The number of sulfonamides is 1. The number of carbonyl (C=O) groups is 1. The van der Waals surface area contributed by atoms with Gasteiger partial charge in [0.15, 0.2) is 0 Å². The Morgan fingerprint density at radius 1 is 1.38 bits per heavy atom. The maximum atomic E-state index is 12.1. The van der Waals surface area contributed by atoms with Crippen LogP contribution in [0.5, 0.6) is 0 Å². The van der Waals surface area contributed by atoms with E-state index in [1.54, 1.807) is 0 Å². The summed E-state index contributed by atoms with van der Waals surface area (Å²) < 4.78 is 23.1. The quantitative estimate of drug-likeness (QED) is 0.818. The SMILES string of the molecule is CC(C)(C)CCNC(=O)c1cc(Cl)c(Br)c(S(N)(=O)=O)c1. The maximum Gasteiger partial charge on any atom is 0.251 e. The number of amides is 1. The lowest BCUT2D eigenvalue weighted by Gasteiger charge is -2.18. The van der Waals surface area contributed by atoms with E-state index in [9.17, 15) is 13.2 Å². The molecule has 118 valence electrons. The van der Waals surface area contributed by atoms with E-state index in [-0.39, 0.29) is 25.4 Å². The zero-order valence-electron chi connectivity index (χ0n) is 12.0. The van der Waals surface area contributed by atoms with Gasteiger partial charge in [-0.1, -0.05) is 32.4 Å². The summed E-state index contributed by atoms with van der Waals surface area (Å²) in [6, 6.07) is 2.60. The first-order valence-corrected chi connectivity index (χ1v) is 8.93. The summed E-state index contributed by atoms with van der Waals surface area (Å²) in [4.78, 5) is 11.8. The van der Waals surface area contributed by atoms with Crippen LogP contribution in [0, 0.1) is 5.41 Å². The third kappa shape index (κ3) is 5.58. The van der Waals surface area contributed by atoms with Crippen LogP contribution in [0.2, 0.25) is 5.02 Å². The molecule has 1 aromatic rings. The highest BCUT2D eigenvalue weighted by Gasteiger charge is 2.19. The van der Waals surface area contributed by atoms with Crippen LogP contribution in [0.15, 0.2) is 21.5 Å². The van der Waals surface area contributed by atoms with Crippen LogP contribution in [0.4, 0.5) is 0 Å². The van der Waals surface area contributed by atoms with E-state index in [0.29, 0.717) is 6.54 Å². The van der Waals surface area contributed by atoms with Crippen molar-refractivity contribution in [3.63, 3.8) is 0 Å². The van der Waals surface area contributed by atoms with E-state index in [4.69, 9.17) is 16.7 Å². The molecule has 3 N–H and O–H groups in total. The fraction of sp³-hybridized carbons (Fsp3) is 0.462. The molecule has 8 heteroatoms. The molecule has 0 aromatic heterocycles. The summed E-state index contributed by atoms with van der Waals surface area (Å²) in [6.45, 7) is 6.68. The van der Waals surface area contributed by atoms with Crippen LogP contribution in [-0.2, 0) is 10.0 Å². The molecule has 21 heavy (non-hydrogen) atoms. The van der Waals surface area contributed by atoms with Crippen LogP contribution in [0.25, 0.3) is 0 Å². The van der Waals surface area contributed by atoms with Gasteiger partial charge in [-0.3, -0.25) is 4.79 Å². The van der Waals surface area contributed by atoms with Gasteiger partial charge < -0.3 is 5.32 Å². The van der Waals surface area contributed by atoms with E-state index in [1.807, 2.05) is 0 Å². The summed E-state index contributed by atoms with van der Waals surface area (Å²) >= 11 is 8.98. The first-order chi connectivity index (χ1) is 9.42. The Kier molecular flexibility index (Phi) is 5.83. The largest absolute Gasteiger partial charge is 0.352 e. The number of primary sulfonamides is 1. The van der Waals surface area contributed by atoms with Gasteiger partial charge >= 0.3 is 0 Å². The summed E-state index contributed by atoms with van der Waals surface area (Å²) in [6.07, 6.45) is 0.797. The standard InChI is InChI=1S/C13H18BrClN2O3S/c1-13(2,3)4-5-17-12(18)8-6-9(15)11(14)10(7-8)21(16,19)20/h6-7H,4-5H2,1-3H3,(H,17,18)(H2,16,19,20). The van der Waals surface area contributed by atoms with Crippen molar-refractivity contribution in [1.82, 2.24) is 5.32 Å². The maximum absolute atomic E-state index is 12.1. The fourth-order valence-electron chi connectivity index (χ4n) is 1.56. The highest BCUT2D eigenvalue weighted by Crippen LogP contribution is 2.30. The number of hydrogen-bond donors (Lipinski definition) is 2. The highest BCUT2D eigenvalue weighted by molar-refractivity contribution is 9.10.